The molecule has 0 aromatic heterocycles. The zero-order chi connectivity index (χ0) is 12.7. The zero-order valence-corrected chi connectivity index (χ0v) is 11.5. The molecular weight excluding hydrogens is 212 g/mol. The van der Waals surface area contributed by atoms with Crippen molar-refractivity contribution in [3.63, 3.8) is 0 Å². The minimum atomic E-state index is 0.247. The van der Waals surface area contributed by atoms with Crippen LogP contribution >= 0.6 is 0 Å². The van der Waals surface area contributed by atoms with E-state index in [1.165, 1.54) is 25.7 Å². The van der Waals surface area contributed by atoms with Gasteiger partial charge < -0.3 is 10.6 Å². The maximum Gasteiger partial charge on any atom is 0.222 e. The molecule has 1 rings (SSSR count). The van der Waals surface area contributed by atoms with E-state index < -0.39 is 0 Å². The van der Waals surface area contributed by atoms with E-state index in [1.54, 1.807) is 0 Å². The molecule has 0 aromatic carbocycles. The number of rotatable bonds is 6. The molecule has 1 saturated carbocycles. The first-order valence-corrected chi connectivity index (χ1v) is 7.14. The van der Waals surface area contributed by atoms with Crippen LogP contribution in [0.4, 0.5) is 0 Å². The van der Waals surface area contributed by atoms with Crippen molar-refractivity contribution in [2.75, 3.05) is 13.6 Å². The molecule has 3 heteroatoms. The van der Waals surface area contributed by atoms with Gasteiger partial charge in [0, 0.05) is 26.1 Å². The highest BCUT2D eigenvalue weighted by molar-refractivity contribution is 5.76. The van der Waals surface area contributed by atoms with Crippen LogP contribution < -0.4 is 5.73 Å². The number of nitrogens with zero attached hydrogens (tertiary/aromatic N) is 1. The lowest BCUT2D eigenvalue weighted by Gasteiger charge is -2.29. The van der Waals surface area contributed by atoms with Crippen molar-refractivity contribution in [1.29, 1.82) is 0 Å². The Kier molecular flexibility index (Phi) is 6.56. The van der Waals surface area contributed by atoms with Gasteiger partial charge in [-0.2, -0.15) is 0 Å². The van der Waals surface area contributed by atoms with Gasteiger partial charge in [0.1, 0.15) is 0 Å². The molecule has 100 valence electrons. The van der Waals surface area contributed by atoms with Gasteiger partial charge in [0.05, 0.1) is 0 Å². The van der Waals surface area contributed by atoms with Gasteiger partial charge in [0.15, 0.2) is 0 Å². The molecule has 1 aliphatic rings. The molecule has 2 N–H and O–H groups in total. The predicted molar refractivity (Wildman–Crippen MR) is 71.7 cm³/mol. The van der Waals surface area contributed by atoms with Crippen LogP contribution in [0.15, 0.2) is 0 Å². The molecule has 0 spiro atoms. The molecule has 0 heterocycles. The summed E-state index contributed by atoms with van der Waals surface area (Å²) in [5.41, 5.74) is 6.08. The summed E-state index contributed by atoms with van der Waals surface area (Å²) in [5.74, 6) is 0.702. The lowest BCUT2D eigenvalue weighted by Crippen LogP contribution is -2.38. The largest absolute Gasteiger partial charge is 0.346 e. The first-order chi connectivity index (χ1) is 8.15. The van der Waals surface area contributed by atoms with Gasteiger partial charge in [0.2, 0.25) is 5.91 Å². The summed E-state index contributed by atoms with van der Waals surface area (Å²) >= 11 is 0. The minimum Gasteiger partial charge on any atom is -0.346 e. The third-order valence-electron chi connectivity index (χ3n) is 3.93. The molecule has 0 aromatic rings. The van der Waals surface area contributed by atoms with Gasteiger partial charge in [-0.1, -0.05) is 32.6 Å². The first-order valence-electron chi connectivity index (χ1n) is 7.14. The second-order valence-electron chi connectivity index (χ2n) is 5.43. The Morgan fingerprint density at radius 3 is 2.65 bits per heavy atom. The summed E-state index contributed by atoms with van der Waals surface area (Å²) in [5, 5.41) is 0. The third-order valence-corrected chi connectivity index (χ3v) is 3.93. The van der Waals surface area contributed by atoms with Gasteiger partial charge in [0.25, 0.3) is 0 Å². The van der Waals surface area contributed by atoms with Crippen molar-refractivity contribution in [2.45, 2.75) is 64.3 Å². The summed E-state index contributed by atoms with van der Waals surface area (Å²) in [6.45, 7) is 3.08. The molecule has 3 nitrogen and oxygen atoms in total. The number of amides is 1. The highest BCUT2D eigenvalue weighted by atomic mass is 16.2. The van der Waals surface area contributed by atoms with E-state index in [4.69, 9.17) is 5.73 Å². The summed E-state index contributed by atoms with van der Waals surface area (Å²) < 4.78 is 0. The fourth-order valence-electron chi connectivity index (χ4n) is 2.59. The Labute approximate surface area is 106 Å². The molecule has 0 aliphatic heterocycles. The Morgan fingerprint density at radius 1 is 1.29 bits per heavy atom. The van der Waals surface area contributed by atoms with Crippen LogP contribution in [0.5, 0.6) is 0 Å². The highest BCUT2D eigenvalue weighted by Gasteiger charge is 2.25. The maximum atomic E-state index is 12.0. The average Bonchev–Trinajstić information content (AvgIpc) is 2.32. The van der Waals surface area contributed by atoms with Gasteiger partial charge >= 0.3 is 0 Å². The molecule has 1 aliphatic carbocycles. The van der Waals surface area contributed by atoms with Crippen molar-refractivity contribution >= 4 is 5.91 Å². The van der Waals surface area contributed by atoms with Gasteiger partial charge in [-0.25, -0.2) is 0 Å². The topological polar surface area (TPSA) is 46.3 Å². The second kappa shape index (κ2) is 7.70. The fourth-order valence-corrected chi connectivity index (χ4v) is 2.59. The molecule has 2 unspecified atom stereocenters. The van der Waals surface area contributed by atoms with Gasteiger partial charge in [-0.15, -0.1) is 0 Å². The highest BCUT2D eigenvalue weighted by Crippen LogP contribution is 2.26. The van der Waals surface area contributed by atoms with E-state index in [0.717, 1.165) is 25.8 Å². The SMILES string of the molecule is CCCCCN(C)C(=O)CC1CCCCC1N. The third kappa shape index (κ3) is 5.07. The summed E-state index contributed by atoms with van der Waals surface area (Å²) in [6.07, 6.45) is 8.89. The molecular formula is C14H28N2O. The molecule has 1 fully saturated rings. The Hall–Kier alpha value is -0.570. The van der Waals surface area contributed by atoms with Crippen LogP contribution in [0, 0.1) is 5.92 Å². The average molecular weight is 240 g/mol. The molecule has 1 amide bonds. The number of unbranched alkanes of at least 4 members (excludes halogenated alkanes) is 2. The number of hydrogen-bond donors (Lipinski definition) is 1. The van der Waals surface area contributed by atoms with Gasteiger partial charge in [-0.3, -0.25) is 4.79 Å². The van der Waals surface area contributed by atoms with E-state index in [-0.39, 0.29) is 11.9 Å². The Morgan fingerprint density at radius 2 is 2.00 bits per heavy atom. The Balaban J connectivity index is 2.26. The van der Waals surface area contributed by atoms with Crippen LogP contribution in [0.3, 0.4) is 0 Å². The predicted octanol–water partition coefficient (Wildman–Crippen LogP) is 2.54. The molecule has 0 bridgehead atoms. The van der Waals surface area contributed by atoms with Crippen LogP contribution in [0.25, 0.3) is 0 Å². The summed E-state index contributed by atoms with van der Waals surface area (Å²) in [6, 6.07) is 0.247. The van der Waals surface area contributed by atoms with E-state index in [1.807, 2.05) is 11.9 Å². The van der Waals surface area contributed by atoms with Crippen molar-refractivity contribution < 1.29 is 4.79 Å². The smallest absolute Gasteiger partial charge is 0.222 e. The maximum absolute atomic E-state index is 12.0. The quantitative estimate of drug-likeness (QED) is 0.725. The molecule has 17 heavy (non-hydrogen) atoms. The van der Waals surface area contributed by atoms with Crippen molar-refractivity contribution in [3.05, 3.63) is 0 Å². The lowest BCUT2D eigenvalue weighted by molar-refractivity contribution is -0.131. The molecule has 0 saturated heterocycles. The number of nitrogens with two attached hydrogens (primary N) is 1. The van der Waals surface area contributed by atoms with Crippen LogP contribution in [-0.2, 0) is 4.79 Å². The number of carbonyl (C=O) groups excluding carboxylic acids is 1. The monoisotopic (exact) mass is 240 g/mol. The van der Waals surface area contributed by atoms with E-state index >= 15 is 0 Å². The second-order valence-corrected chi connectivity index (χ2v) is 5.43. The number of hydrogen-bond acceptors (Lipinski definition) is 2. The van der Waals surface area contributed by atoms with Crippen molar-refractivity contribution in [2.24, 2.45) is 11.7 Å². The zero-order valence-electron chi connectivity index (χ0n) is 11.5. The molecule has 2 atom stereocenters. The lowest BCUT2D eigenvalue weighted by atomic mass is 9.83. The fraction of sp³-hybridized carbons (Fsp3) is 0.929. The van der Waals surface area contributed by atoms with E-state index in [0.29, 0.717) is 12.3 Å². The van der Waals surface area contributed by atoms with Crippen LogP contribution in [0.2, 0.25) is 0 Å². The number of carbonyl (C=O) groups is 1. The normalized spacial score (nSPS) is 24.6. The van der Waals surface area contributed by atoms with Crippen LogP contribution in [-0.4, -0.2) is 30.4 Å². The van der Waals surface area contributed by atoms with E-state index in [9.17, 15) is 4.79 Å². The molecule has 0 radical (unpaired) electrons. The standard InChI is InChI=1S/C14H28N2O/c1-3-4-7-10-16(2)14(17)11-12-8-5-6-9-13(12)15/h12-13H,3-11,15H2,1-2H3. The Bertz CT molecular complexity index is 230. The van der Waals surface area contributed by atoms with Crippen molar-refractivity contribution in [3.8, 4) is 0 Å². The van der Waals surface area contributed by atoms with Gasteiger partial charge in [-0.05, 0) is 25.2 Å². The minimum absolute atomic E-state index is 0.247. The van der Waals surface area contributed by atoms with Crippen molar-refractivity contribution in [1.82, 2.24) is 4.90 Å². The summed E-state index contributed by atoms with van der Waals surface area (Å²) in [4.78, 5) is 13.9. The van der Waals surface area contributed by atoms with E-state index in [2.05, 4.69) is 6.92 Å². The summed E-state index contributed by atoms with van der Waals surface area (Å²) in [7, 11) is 1.92. The van der Waals surface area contributed by atoms with Crippen LogP contribution in [0.1, 0.15) is 58.3 Å². The first kappa shape index (κ1) is 14.5.